The van der Waals surface area contributed by atoms with Gasteiger partial charge in [-0.1, -0.05) is 0 Å². The molecule has 23 heavy (non-hydrogen) atoms. The van der Waals surface area contributed by atoms with Crippen LogP contribution in [0.25, 0.3) is 11.4 Å². The maximum absolute atomic E-state index is 5.22. The van der Waals surface area contributed by atoms with Gasteiger partial charge in [0.1, 0.15) is 11.6 Å². The summed E-state index contributed by atoms with van der Waals surface area (Å²) in [5.74, 6) is 3.07. The average Bonchev–Trinajstić information content (AvgIpc) is 3.02. The first-order valence-electron chi connectivity index (χ1n) is 8.16. The van der Waals surface area contributed by atoms with Gasteiger partial charge < -0.3 is 9.72 Å². The molecule has 0 spiro atoms. The van der Waals surface area contributed by atoms with Crippen LogP contribution in [0.3, 0.4) is 0 Å². The highest BCUT2D eigenvalue weighted by atomic mass is 32.2. The lowest BCUT2D eigenvalue weighted by atomic mass is 10.1. The number of H-pyrrole nitrogens is 1. The number of aromatic amines is 1. The van der Waals surface area contributed by atoms with Gasteiger partial charge >= 0.3 is 0 Å². The van der Waals surface area contributed by atoms with Crippen molar-refractivity contribution in [1.82, 2.24) is 14.9 Å². The molecule has 124 valence electrons. The van der Waals surface area contributed by atoms with Crippen molar-refractivity contribution in [3.63, 3.8) is 0 Å². The molecule has 0 saturated heterocycles. The molecule has 0 bridgehead atoms. The molecule has 2 aromatic rings. The van der Waals surface area contributed by atoms with Gasteiger partial charge in [-0.25, -0.2) is 4.98 Å². The molecule has 1 aliphatic heterocycles. The van der Waals surface area contributed by atoms with Crippen LogP contribution in [0.15, 0.2) is 24.3 Å². The summed E-state index contributed by atoms with van der Waals surface area (Å²) in [6.45, 7) is 4.42. The van der Waals surface area contributed by atoms with Crippen LogP contribution in [-0.2, 0) is 13.0 Å². The highest BCUT2D eigenvalue weighted by Crippen LogP contribution is 2.25. The third-order valence-electron chi connectivity index (χ3n) is 4.59. The smallest absolute Gasteiger partial charge is 0.137 e. The minimum Gasteiger partial charge on any atom is -0.497 e. The molecule has 1 aromatic carbocycles. The van der Waals surface area contributed by atoms with Crippen LogP contribution in [0.2, 0.25) is 0 Å². The first-order valence-corrected chi connectivity index (χ1v) is 9.56. The fourth-order valence-corrected chi connectivity index (χ4v) is 3.62. The van der Waals surface area contributed by atoms with Gasteiger partial charge in [0, 0.05) is 31.1 Å². The second kappa shape index (κ2) is 7.41. The van der Waals surface area contributed by atoms with Crippen molar-refractivity contribution >= 4 is 11.8 Å². The molecule has 4 nitrogen and oxygen atoms in total. The minimum atomic E-state index is 0.628. The van der Waals surface area contributed by atoms with E-state index in [1.54, 1.807) is 7.11 Å². The fraction of sp³-hybridized carbons (Fsp3) is 0.500. The predicted molar refractivity (Wildman–Crippen MR) is 97.2 cm³/mol. The summed E-state index contributed by atoms with van der Waals surface area (Å²) in [6, 6.07) is 8.70. The van der Waals surface area contributed by atoms with Crippen molar-refractivity contribution in [2.24, 2.45) is 0 Å². The fourth-order valence-electron chi connectivity index (χ4n) is 3.05. The predicted octanol–water partition coefficient (Wildman–Crippen LogP) is 3.59. The zero-order chi connectivity index (χ0) is 16.2. The number of thioether (sulfide) groups is 1. The summed E-state index contributed by atoms with van der Waals surface area (Å²) in [7, 11) is 1.69. The van der Waals surface area contributed by atoms with Crippen LogP contribution in [0.4, 0.5) is 0 Å². The van der Waals surface area contributed by atoms with E-state index in [1.807, 2.05) is 23.9 Å². The molecule has 3 rings (SSSR count). The Balaban J connectivity index is 1.73. The zero-order valence-corrected chi connectivity index (χ0v) is 14.9. The van der Waals surface area contributed by atoms with E-state index in [0.29, 0.717) is 6.04 Å². The molecule has 2 heterocycles. The van der Waals surface area contributed by atoms with Gasteiger partial charge in [0.05, 0.1) is 18.5 Å². The molecule has 1 aromatic heterocycles. The number of imidazole rings is 1. The Kier molecular flexibility index (Phi) is 5.28. The van der Waals surface area contributed by atoms with Crippen LogP contribution >= 0.6 is 11.8 Å². The first-order chi connectivity index (χ1) is 11.2. The van der Waals surface area contributed by atoms with Crippen molar-refractivity contribution in [1.29, 1.82) is 0 Å². The molecule has 0 fully saturated rings. The maximum Gasteiger partial charge on any atom is 0.137 e. The van der Waals surface area contributed by atoms with Crippen LogP contribution in [-0.4, -0.2) is 46.6 Å². The summed E-state index contributed by atoms with van der Waals surface area (Å²) in [5.41, 5.74) is 3.62. The van der Waals surface area contributed by atoms with E-state index in [2.05, 4.69) is 35.2 Å². The SMILES string of the molecule is COc1ccc(-c2nc3c([nH]2)CN([C@H](C)CCSC)CC3)cc1. The lowest BCUT2D eigenvalue weighted by molar-refractivity contribution is 0.184. The Morgan fingerprint density at radius 2 is 2.13 bits per heavy atom. The van der Waals surface area contributed by atoms with Gasteiger partial charge in [-0.2, -0.15) is 11.8 Å². The monoisotopic (exact) mass is 331 g/mol. The molecule has 0 aliphatic carbocycles. The molecule has 0 unspecified atom stereocenters. The number of methoxy groups -OCH3 is 1. The number of hydrogen-bond acceptors (Lipinski definition) is 4. The molecular weight excluding hydrogens is 306 g/mol. The largest absolute Gasteiger partial charge is 0.497 e. The topological polar surface area (TPSA) is 41.1 Å². The zero-order valence-electron chi connectivity index (χ0n) is 14.1. The maximum atomic E-state index is 5.22. The van der Waals surface area contributed by atoms with Crippen molar-refractivity contribution in [3.8, 4) is 17.1 Å². The number of fused-ring (bicyclic) bond motifs is 1. The number of hydrogen-bond donors (Lipinski definition) is 1. The second-order valence-corrected chi connectivity index (χ2v) is 7.08. The number of aromatic nitrogens is 2. The first kappa shape index (κ1) is 16.4. The van der Waals surface area contributed by atoms with E-state index in [0.717, 1.165) is 36.6 Å². The summed E-state index contributed by atoms with van der Waals surface area (Å²) in [5, 5.41) is 0. The molecular formula is C18H25N3OS. The Bertz CT molecular complexity index is 638. The number of ether oxygens (including phenoxy) is 1. The van der Waals surface area contributed by atoms with E-state index in [9.17, 15) is 0 Å². The molecule has 0 radical (unpaired) electrons. The molecule has 0 saturated carbocycles. The van der Waals surface area contributed by atoms with Gasteiger partial charge in [0.25, 0.3) is 0 Å². The summed E-state index contributed by atoms with van der Waals surface area (Å²) in [6.07, 6.45) is 4.46. The van der Waals surface area contributed by atoms with Gasteiger partial charge in [-0.05, 0) is 49.6 Å². The highest BCUT2D eigenvalue weighted by Gasteiger charge is 2.23. The van der Waals surface area contributed by atoms with Crippen LogP contribution < -0.4 is 4.74 Å². The third-order valence-corrected chi connectivity index (χ3v) is 5.23. The van der Waals surface area contributed by atoms with Gasteiger partial charge in [-0.15, -0.1) is 0 Å². The standard InChI is InChI=1S/C18H25N3OS/c1-13(9-11-23-3)21-10-8-16-17(12-21)20-18(19-16)14-4-6-15(22-2)7-5-14/h4-7,13H,8-12H2,1-3H3,(H,19,20)/t13-/m1/s1. The second-order valence-electron chi connectivity index (χ2n) is 6.09. The Morgan fingerprint density at radius 1 is 1.35 bits per heavy atom. The lowest BCUT2D eigenvalue weighted by Gasteiger charge is -2.31. The van der Waals surface area contributed by atoms with Gasteiger partial charge in [0.2, 0.25) is 0 Å². The summed E-state index contributed by atoms with van der Waals surface area (Å²) in [4.78, 5) is 10.9. The Labute approximate surface area is 142 Å². The van der Waals surface area contributed by atoms with Crippen LogP contribution in [0.1, 0.15) is 24.7 Å². The minimum absolute atomic E-state index is 0.628. The molecule has 1 N–H and O–H groups in total. The third kappa shape index (κ3) is 3.72. The van der Waals surface area contributed by atoms with E-state index in [1.165, 1.54) is 23.6 Å². The quantitative estimate of drug-likeness (QED) is 0.878. The number of benzene rings is 1. The van der Waals surface area contributed by atoms with E-state index < -0.39 is 0 Å². The van der Waals surface area contributed by atoms with Crippen molar-refractivity contribution in [3.05, 3.63) is 35.7 Å². The molecule has 1 atom stereocenters. The van der Waals surface area contributed by atoms with Crippen LogP contribution in [0, 0.1) is 0 Å². The highest BCUT2D eigenvalue weighted by molar-refractivity contribution is 7.98. The number of nitrogens with one attached hydrogen (secondary N) is 1. The van der Waals surface area contributed by atoms with Crippen LogP contribution in [0.5, 0.6) is 5.75 Å². The van der Waals surface area contributed by atoms with Crippen molar-refractivity contribution in [2.45, 2.75) is 32.4 Å². The lowest BCUT2D eigenvalue weighted by Crippen LogP contribution is -2.38. The van der Waals surface area contributed by atoms with Gasteiger partial charge in [-0.3, -0.25) is 4.90 Å². The number of nitrogens with zero attached hydrogens (tertiary/aromatic N) is 2. The Morgan fingerprint density at radius 3 is 2.83 bits per heavy atom. The van der Waals surface area contributed by atoms with Gasteiger partial charge in [0.15, 0.2) is 0 Å². The average molecular weight is 331 g/mol. The van der Waals surface area contributed by atoms with Crippen molar-refractivity contribution < 1.29 is 4.74 Å². The Hall–Kier alpha value is -1.46. The van der Waals surface area contributed by atoms with Crippen molar-refractivity contribution in [2.75, 3.05) is 25.7 Å². The molecule has 0 amide bonds. The number of rotatable bonds is 6. The molecule has 5 heteroatoms. The van der Waals surface area contributed by atoms with E-state index in [-0.39, 0.29) is 0 Å². The van der Waals surface area contributed by atoms with E-state index in [4.69, 9.17) is 9.72 Å². The molecule has 1 aliphatic rings. The van der Waals surface area contributed by atoms with E-state index >= 15 is 0 Å². The normalized spacial score (nSPS) is 16.1. The summed E-state index contributed by atoms with van der Waals surface area (Å²) < 4.78 is 5.22. The summed E-state index contributed by atoms with van der Waals surface area (Å²) >= 11 is 1.93.